The van der Waals surface area contributed by atoms with Gasteiger partial charge in [0.15, 0.2) is 0 Å². The summed E-state index contributed by atoms with van der Waals surface area (Å²) in [6, 6.07) is 7.33. The highest BCUT2D eigenvalue weighted by Gasteiger charge is 2.27. The maximum Gasteiger partial charge on any atom is 0.264 e. The highest BCUT2D eigenvalue weighted by Crippen LogP contribution is 2.17. The summed E-state index contributed by atoms with van der Waals surface area (Å²) >= 11 is 1.40. The lowest BCUT2D eigenvalue weighted by molar-refractivity contribution is -0.134. The zero-order valence-corrected chi connectivity index (χ0v) is 17.3. The number of rotatable bonds is 9. The summed E-state index contributed by atoms with van der Waals surface area (Å²) in [7, 11) is 0. The SMILES string of the molecule is CC(C)CN(CC(=O)N(Cc1ccco1)CC1CCCO1)C(=O)c1cccs1. The Hall–Kier alpha value is -2.12. The van der Waals surface area contributed by atoms with Gasteiger partial charge < -0.3 is 19.0 Å². The van der Waals surface area contributed by atoms with Crippen molar-refractivity contribution in [1.29, 1.82) is 0 Å². The van der Waals surface area contributed by atoms with E-state index in [2.05, 4.69) is 0 Å². The zero-order chi connectivity index (χ0) is 19.9. The summed E-state index contributed by atoms with van der Waals surface area (Å²) in [6.07, 6.45) is 3.62. The summed E-state index contributed by atoms with van der Waals surface area (Å²) in [5.74, 6) is 0.823. The molecule has 152 valence electrons. The van der Waals surface area contributed by atoms with Crippen LogP contribution in [0, 0.1) is 5.92 Å². The first-order valence-electron chi connectivity index (χ1n) is 9.77. The van der Waals surface area contributed by atoms with E-state index in [0.717, 1.165) is 25.2 Å². The molecular formula is C21H28N2O4S. The van der Waals surface area contributed by atoms with Crippen molar-refractivity contribution < 1.29 is 18.7 Å². The molecule has 1 aliphatic heterocycles. The molecule has 0 radical (unpaired) electrons. The normalized spacial score (nSPS) is 16.5. The van der Waals surface area contributed by atoms with Crippen LogP contribution in [0.5, 0.6) is 0 Å². The van der Waals surface area contributed by atoms with Gasteiger partial charge in [-0.05, 0) is 42.3 Å². The number of ether oxygens (including phenoxy) is 1. The van der Waals surface area contributed by atoms with Crippen molar-refractivity contribution in [1.82, 2.24) is 9.80 Å². The Morgan fingerprint density at radius 3 is 2.71 bits per heavy atom. The minimum absolute atomic E-state index is 0.0467. The summed E-state index contributed by atoms with van der Waals surface area (Å²) < 4.78 is 11.2. The Kier molecular flexibility index (Phi) is 7.28. The molecule has 1 aliphatic rings. The van der Waals surface area contributed by atoms with Gasteiger partial charge in [0.25, 0.3) is 5.91 Å². The van der Waals surface area contributed by atoms with Gasteiger partial charge >= 0.3 is 0 Å². The van der Waals surface area contributed by atoms with Crippen LogP contribution in [0.1, 0.15) is 42.1 Å². The van der Waals surface area contributed by atoms with Gasteiger partial charge in [-0.25, -0.2) is 0 Å². The molecule has 0 spiro atoms. The second-order valence-corrected chi connectivity index (χ2v) is 8.49. The highest BCUT2D eigenvalue weighted by molar-refractivity contribution is 7.12. The summed E-state index contributed by atoms with van der Waals surface area (Å²) in [5, 5.41) is 1.88. The van der Waals surface area contributed by atoms with Crippen LogP contribution in [-0.2, 0) is 16.1 Å². The smallest absolute Gasteiger partial charge is 0.264 e. The van der Waals surface area contributed by atoms with Crippen LogP contribution in [-0.4, -0.2) is 54.0 Å². The highest BCUT2D eigenvalue weighted by atomic mass is 32.1. The van der Waals surface area contributed by atoms with Crippen LogP contribution in [0.15, 0.2) is 40.3 Å². The number of hydrogen-bond donors (Lipinski definition) is 0. The van der Waals surface area contributed by atoms with Gasteiger partial charge in [-0.1, -0.05) is 19.9 Å². The summed E-state index contributed by atoms with van der Waals surface area (Å²) in [4.78, 5) is 30.1. The van der Waals surface area contributed by atoms with Gasteiger partial charge in [-0.2, -0.15) is 0 Å². The van der Waals surface area contributed by atoms with Crippen molar-refractivity contribution in [2.45, 2.75) is 39.3 Å². The Labute approximate surface area is 170 Å². The van der Waals surface area contributed by atoms with Crippen LogP contribution in [0.25, 0.3) is 0 Å². The van der Waals surface area contributed by atoms with E-state index in [4.69, 9.17) is 9.15 Å². The molecule has 2 aromatic rings. The van der Waals surface area contributed by atoms with Gasteiger partial charge in [-0.3, -0.25) is 9.59 Å². The van der Waals surface area contributed by atoms with Gasteiger partial charge in [-0.15, -0.1) is 11.3 Å². The average Bonchev–Trinajstić information content (AvgIpc) is 3.42. The van der Waals surface area contributed by atoms with Gasteiger partial charge in [0.1, 0.15) is 12.3 Å². The molecule has 3 heterocycles. The molecule has 2 aromatic heterocycles. The van der Waals surface area contributed by atoms with Crippen LogP contribution < -0.4 is 0 Å². The molecular weight excluding hydrogens is 376 g/mol. The third-order valence-electron chi connectivity index (χ3n) is 4.66. The van der Waals surface area contributed by atoms with E-state index in [1.54, 1.807) is 22.1 Å². The Morgan fingerprint density at radius 1 is 1.25 bits per heavy atom. The lowest BCUT2D eigenvalue weighted by atomic mass is 10.2. The predicted molar refractivity (Wildman–Crippen MR) is 108 cm³/mol. The van der Waals surface area contributed by atoms with E-state index in [9.17, 15) is 9.59 Å². The van der Waals surface area contributed by atoms with E-state index >= 15 is 0 Å². The number of thiophene rings is 1. The second kappa shape index (κ2) is 9.89. The van der Waals surface area contributed by atoms with Gasteiger partial charge in [0.05, 0.1) is 23.8 Å². The molecule has 2 amide bonds. The van der Waals surface area contributed by atoms with E-state index in [1.165, 1.54) is 11.3 Å². The quantitative estimate of drug-likeness (QED) is 0.640. The minimum atomic E-state index is -0.0906. The zero-order valence-electron chi connectivity index (χ0n) is 16.5. The van der Waals surface area contributed by atoms with E-state index in [-0.39, 0.29) is 30.4 Å². The monoisotopic (exact) mass is 404 g/mol. The number of furan rings is 1. The third kappa shape index (κ3) is 5.69. The Balaban J connectivity index is 1.71. The van der Waals surface area contributed by atoms with Gasteiger partial charge in [0.2, 0.25) is 5.91 Å². The molecule has 6 nitrogen and oxygen atoms in total. The molecule has 1 unspecified atom stereocenters. The average molecular weight is 405 g/mol. The maximum absolute atomic E-state index is 13.2. The fraction of sp³-hybridized carbons (Fsp3) is 0.524. The maximum atomic E-state index is 13.2. The Morgan fingerprint density at radius 2 is 2.11 bits per heavy atom. The van der Waals surface area contributed by atoms with Crippen LogP contribution in [0.3, 0.4) is 0 Å². The topological polar surface area (TPSA) is 63.0 Å². The van der Waals surface area contributed by atoms with Crippen molar-refractivity contribution in [2.75, 3.05) is 26.2 Å². The van der Waals surface area contributed by atoms with Crippen LogP contribution in [0.4, 0.5) is 0 Å². The molecule has 3 rings (SSSR count). The predicted octanol–water partition coefficient (Wildman–Crippen LogP) is 3.65. The molecule has 7 heteroatoms. The number of carbonyl (C=O) groups is 2. The van der Waals surface area contributed by atoms with Crippen LogP contribution >= 0.6 is 11.3 Å². The van der Waals surface area contributed by atoms with Crippen molar-refractivity contribution >= 4 is 23.2 Å². The van der Waals surface area contributed by atoms with Crippen molar-refractivity contribution in [3.8, 4) is 0 Å². The molecule has 1 saturated heterocycles. The molecule has 1 atom stereocenters. The first-order chi connectivity index (χ1) is 13.5. The lowest BCUT2D eigenvalue weighted by Gasteiger charge is -2.29. The van der Waals surface area contributed by atoms with Crippen LogP contribution in [0.2, 0.25) is 0 Å². The number of carbonyl (C=O) groups excluding carboxylic acids is 2. The first-order valence-corrected chi connectivity index (χ1v) is 10.7. The largest absolute Gasteiger partial charge is 0.467 e. The molecule has 0 bridgehead atoms. The molecule has 1 fully saturated rings. The number of hydrogen-bond acceptors (Lipinski definition) is 5. The summed E-state index contributed by atoms with van der Waals surface area (Å²) in [5.41, 5.74) is 0. The van der Waals surface area contributed by atoms with Crippen molar-refractivity contribution in [2.24, 2.45) is 5.92 Å². The molecule has 28 heavy (non-hydrogen) atoms. The first kappa shape index (κ1) is 20.6. The molecule has 0 aliphatic carbocycles. The standard InChI is InChI=1S/C21H28N2O4S/c1-16(2)12-23(21(25)19-8-5-11-28-19)15-20(24)22(13-17-6-3-9-26-17)14-18-7-4-10-27-18/h3,5-6,8-9,11,16,18H,4,7,10,12-15H2,1-2H3. The van der Waals surface area contributed by atoms with Crippen molar-refractivity contribution in [3.63, 3.8) is 0 Å². The fourth-order valence-electron chi connectivity index (χ4n) is 3.36. The third-order valence-corrected chi connectivity index (χ3v) is 5.52. The fourth-order valence-corrected chi connectivity index (χ4v) is 4.05. The van der Waals surface area contributed by atoms with E-state index in [1.807, 2.05) is 37.4 Å². The molecule has 0 saturated carbocycles. The summed E-state index contributed by atoms with van der Waals surface area (Å²) in [6.45, 7) is 6.33. The lowest BCUT2D eigenvalue weighted by Crippen LogP contribution is -2.45. The van der Waals surface area contributed by atoms with Gasteiger partial charge in [0, 0.05) is 19.7 Å². The Bertz CT molecular complexity index is 737. The van der Waals surface area contributed by atoms with Crippen molar-refractivity contribution in [3.05, 3.63) is 46.5 Å². The number of amides is 2. The van der Waals surface area contributed by atoms with E-state index < -0.39 is 0 Å². The number of nitrogens with zero attached hydrogens (tertiary/aromatic N) is 2. The second-order valence-electron chi connectivity index (χ2n) is 7.55. The molecule has 0 aromatic carbocycles. The minimum Gasteiger partial charge on any atom is -0.467 e. The molecule has 0 N–H and O–H groups in total. The van der Waals surface area contributed by atoms with E-state index in [0.29, 0.717) is 24.5 Å².